The van der Waals surface area contributed by atoms with Gasteiger partial charge in [-0.25, -0.2) is 0 Å². The lowest BCUT2D eigenvalue weighted by molar-refractivity contribution is -0.107. The Labute approximate surface area is 238 Å². The highest BCUT2D eigenvalue weighted by Crippen LogP contribution is 2.52. The molecule has 0 amide bonds. The summed E-state index contributed by atoms with van der Waals surface area (Å²) >= 11 is 14.8. The summed E-state index contributed by atoms with van der Waals surface area (Å²) in [5, 5.41) is 2.02. The maximum absolute atomic E-state index is 11.6. The average molecular weight is 607 g/mol. The van der Waals surface area contributed by atoms with Crippen molar-refractivity contribution in [1.29, 1.82) is 0 Å². The molecule has 2 fully saturated rings. The molecule has 2 aliphatic rings. The Morgan fingerprint density at radius 3 is 1.74 bits per heavy atom. The van der Waals surface area contributed by atoms with Gasteiger partial charge in [-0.1, -0.05) is 60.9 Å². The number of carbonyl (C=O) groups excluding carboxylic acids is 2. The van der Waals surface area contributed by atoms with E-state index in [0.717, 1.165) is 23.0 Å². The van der Waals surface area contributed by atoms with Crippen molar-refractivity contribution in [3.05, 3.63) is 60.7 Å². The van der Waals surface area contributed by atoms with Crippen molar-refractivity contribution in [3.63, 3.8) is 0 Å². The topological polar surface area (TPSA) is 34.1 Å². The van der Waals surface area contributed by atoms with E-state index in [4.69, 9.17) is 0 Å². The second-order valence-electron chi connectivity index (χ2n) is 7.57. The minimum absolute atomic E-state index is 0.0714. The summed E-state index contributed by atoms with van der Waals surface area (Å²) < 4.78 is 1.00. The molecule has 6 atom stereocenters. The first-order valence-corrected chi connectivity index (χ1v) is 19.3. The number of hydrogen-bond donors (Lipinski definition) is 0. The van der Waals surface area contributed by atoms with E-state index in [1.165, 1.54) is 46.8 Å². The van der Waals surface area contributed by atoms with Gasteiger partial charge >= 0.3 is 0 Å². The SMILES string of the molecule is C=CC(=O)SCC1CSC(C(SC)c2cccc(C(SC)C3SCC(CSC(=O)C=C)S3)c2)S1. The summed E-state index contributed by atoms with van der Waals surface area (Å²) in [5.41, 5.74) is 2.81. The lowest BCUT2D eigenvalue weighted by atomic mass is 10.1. The van der Waals surface area contributed by atoms with E-state index in [1.807, 2.05) is 70.6 Å². The summed E-state index contributed by atoms with van der Waals surface area (Å²) in [7, 11) is 0. The molecule has 0 radical (unpaired) electrons. The molecule has 186 valence electrons. The van der Waals surface area contributed by atoms with Gasteiger partial charge in [-0.15, -0.1) is 47.0 Å². The summed E-state index contributed by atoms with van der Waals surface area (Å²) in [4.78, 5) is 23.2. The molecule has 0 N–H and O–H groups in total. The Bertz CT molecular complexity index is 798. The van der Waals surface area contributed by atoms with Gasteiger partial charge in [0.15, 0.2) is 0 Å². The van der Waals surface area contributed by atoms with Gasteiger partial charge in [0.25, 0.3) is 0 Å². The molecule has 1 aromatic rings. The molecule has 0 bridgehead atoms. The van der Waals surface area contributed by atoms with Crippen molar-refractivity contribution < 1.29 is 9.59 Å². The minimum atomic E-state index is 0.0714. The highest BCUT2D eigenvalue weighted by Gasteiger charge is 2.35. The van der Waals surface area contributed by atoms with E-state index in [1.54, 1.807) is 0 Å². The Hall–Kier alpha value is 0.840. The van der Waals surface area contributed by atoms with Crippen LogP contribution in [0.25, 0.3) is 0 Å². The lowest BCUT2D eigenvalue weighted by Crippen LogP contribution is -2.11. The lowest BCUT2D eigenvalue weighted by Gasteiger charge is -2.25. The van der Waals surface area contributed by atoms with Gasteiger partial charge < -0.3 is 0 Å². The molecule has 0 aliphatic carbocycles. The fourth-order valence-electron chi connectivity index (χ4n) is 3.62. The van der Waals surface area contributed by atoms with E-state index < -0.39 is 0 Å². The number of thioether (sulfide) groups is 8. The molecule has 0 spiro atoms. The van der Waals surface area contributed by atoms with Crippen molar-refractivity contribution in [2.75, 3.05) is 35.5 Å². The zero-order chi connectivity index (χ0) is 24.5. The van der Waals surface area contributed by atoms with E-state index in [9.17, 15) is 9.59 Å². The predicted molar refractivity (Wildman–Crippen MR) is 170 cm³/mol. The smallest absolute Gasteiger partial charge is 0.211 e. The standard InChI is InChI=1S/C24H30O2S8/c1-5-19(25)29-11-17-13-31-23(33-17)21(27-3)15-8-7-9-16(10-15)22(28-4)24-32-14-18(34-24)12-30-20(26)6-2/h5-10,17-18,21-24H,1-2,11-14H2,3-4H3. The Balaban J connectivity index is 1.63. The minimum Gasteiger partial charge on any atom is -0.282 e. The fourth-order valence-corrected chi connectivity index (χ4v) is 15.8. The van der Waals surface area contributed by atoms with Crippen LogP contribution in [0.1, 0.15) is 21.6 Å². The van der Waals surface area contributed by atoms with Crippen LogP contribution in [0.15, 0.2) is 49.6 Å². The normalized spacial score (nSPS) is 26.2. The summed E-state index contributed by atoms with van der Waals surface area (Å²) in [6.07, 6.45) is 7.25. The molecule has 2 aliphatic heterocycles. The van der Waals surface area contributed by atoms with Gasteiger partial charge in [0, 0.05) is 33.5 Å². The molecule has 0 saturated carbocycles. The van der Waals surface area contributed by atoms with Crippen LogP contribution < -0.4 is 0 Å². The summed E-state index contributed by atoms with van der Waals surface area (Å²) in [6, 6.07) is 9.21. The first-order chi connectivity index (χ1) is 16.5. The quantitative estimate of drug-likeness (QED) is 0.220. The second kappa shape index (κ2) is 15.3. The number of benzene rings is 1. The van der Waals surface area contributed by atoms with Gasteiger partial charge in [-0.2, -0.15) is 23.5 Å². The van der Waals surface area contributed by atoms with Crippen LogP contribution in [0, 0.1) is 0 Å². The van der Waals surface area contributed by atoms with Crippen LogP contribution in [0.2, 0.25) is 0 Å². The molecule has 10 heteroatoms. The van der Waals surface area contributed by atoms with E-state index >= 15 is 0 Å². The molecule has 3 rings (SSSR count). The van der Waals surface area contributed by atoms with Crippen LogP contribution in [0.3, 0.4) is 0 Å². The van der Waals surface area contributed by atoms with E-state index in [2.05, 4.69) is 49.9 Å². The predicted octanol–water partition coefficient (Wildman–Crippen LogP) is 7.74. The molecule has 0 aromatic heterocycles. The first kappa shape index (κ1) is 29.4. The number of carbonyl (C=O) groups is 2. The fraction of sp³-hybridized carbons (Fsp3) is 0.500. The van der Waals surface area contributed by atoms with Crippen molar-refractivity contribution in [3.8, 4) is 0 Å². The third-order valence-electron chi connectivity index (χ3n) is 5.27. The highest BCUT2D eigenvalue weighted by molar-refractivity contribution is 8.23. The molecule has 34 heavy (non-hydrogen) atoms. The number of rotatable bonds is 12. The zero-order valence-electron chi connectivity index (χ0n) is 19.3. The molecular weight excluding hydrogens is 577 g/mol. The van der Waals surface area contributed by atoms with Gasteiger partial charge in [-0.05, 0) is 35.8 Å². The Kier molecular flexibility index (Phi) is 13.2. The van der Waals surface area contributed by atoms with Gasteiger partial charge in [-0.3, -0.25) is 9.59 Å². The molecule has 2 heterocycles. The Morgan fingerprint density at radius 1 is 0.912 bits per heavy atom. The van der Waals surface area contributed by atoms with Crippen LogP contribution in [-0.2, 0) is 9.59 Å². The van der Waals surface area contributed by atoms with Gasteiger partial charge in [0.1, 0.15) is 0 Å². The summed E-state index contributed by atoms with van der Waals surface area (Å²) in [5.74, 6) is 3.92. The van der Waals surface area contributed by atoms with E-state index in [0.29, 0.717) is 30.2 Å². The van der Waals surface area contributed by atoms with Crippen LogP contribution in [-0.4, -0.2) is 65.4 Å². The zero-order valence-corrected chi connectivity index (χ0v) is 25.8. The maximum atomic E-state index is 11.6. The number of hydrogen-bond acceptors (Lipinski definition) is 10. The van der Waals surface area contributed by atoms with Gasteiger partial charge in [0.05, 0.1) is 19.7 Å². The van der Waals surface area contributed by atoms with Crippen molar-refractivity contribution >= 4 is 104 Å². The molecule has 6 unspecified atom stereocenters. The van der Waals surface area contributed by atoms with Crippen LogP contribution in [0.5, 0.6) is 0 Å². The van der Waals surface area contributed by atoms with Crippen molar-refractivity contribution in [2.45, 2.75) is 30.2 Å². The van der Waals surface area contributed by atoms with Crippen LogP contribution in [0.4, 0.5) is 0 Å². The second-order valence-corrected chi connectivity index (χ2v) is 17.4. The molecular formula is C24H30O2S8. The first-order valence-electron chi connectivity index (χ1n) is 10.8. The Morgan fingerprint density at radius 2 is 1.35 bits per heavy atom. The molecule has 2 saturated heterocycles. The molecule has 1 aromatic carbocycles. The summed E-state index contributed by atoms with van der Waals surface area (Å²) in [6.45, 7) is 7.15. The van der Waals surface area contributed by atoms with Crippen LogP contribution >= 0.6 is 94.1 Å². The third kappa shape index (κ3) is 8.43. The van der Waals surface area contributed by atoms with Crippen molar-refractivity contribution in [1.82, 2.24) is 0 Å². The van der Waals surface area contributed by atoms with Crippen molar-refractivity contribution in [2.24, 2.45) is 0 Å². The largest absolute Gasteiger partial charge is 0.282 e. The monoisotopic (exact) mass is 606 g/mol. The molecule has 2 nitrogen and oxygen atoms in total. The van der Waals surface area contributed by atoms with E-state index in [-0.39, 0.29) is 10.2 Å². The average Bonchev–Trinajstić information content (AvgIpc) is 3.52. The maximum Gasteiger partial charge on any atom is 0.211 e. The highest BCUT2D eigenvalue weighted by atomic mass is 32.2. The van der Waals surface area contributed by atoms with Gasteiger partial charge in [0.2, 0.25) is 10.2 Å². The third-order valence-corrected chi connectivity index (χ3v) is 17.3.